The number of rotatable bonds is 1. The molecule has 1 rings (SSSR count). The van der Waals surface area contributed by atoms with Gasteiger partial charge in [-0.15, -0.1) is 0 Å². The first-order valence-electron chi connectivity index (χ1n) is 3.13. The van der Waals surface area contributed by atoms with Gasteiger partial charge >= 0.3 is 30.0 Å². The van der Waals surface area contributed by atoms with Crippen LogP contribution in [0.25, 0.3) is 0 Å². The van der Waals surface area contributed by atoms with Gasteiger partial charge in [0, 0.05) is 0 Å². The Kier molecular flexibility index (Phi) is 6.95. The van der Waals surface area contributed by atoms with Crippen LogP contribution in [-0.4, -0.2) is 5.78 Å². The molecule has 0 N–H and O–H groups in total. The summed E-state index contributed by atoms with van der Waals surface area (Å²) in [7, 11) is 0. The van der Waals surface area contributed by atoms with E-state index in [2.05, 4.69) is 13.6 Å². The first-order valence-corrected chi connectivity index (χ1v) is 10.1. The summed E-state index contributed by atoms with van der Waals surface area (Å²) in [4.78, 5) is 10.7. The third-order valence-corrected chi connectivity index (χ3v) is 1.15. The van der Waals surface area contributed by atoms with Crippen molar-refractivity contribution in [1.82, 2.24) is 0 Å². The maximum absolute atomic E-state index is 10.7. The SMILES string of the molecule is [C-]#CC(=O)c1ccccc1.[Zn+][Br]. The molecular weight excluding hydrogens is 269 g/mol. The Bertz CT molecular complexity index is 276. The quantitative estimate of drug-likeness (QED) is 0.332. The summed E-state index contributed by atoms with van der Waals surface area (Å²) in [5.74, 6) is 1.42. The molecule has 0 atom stereocenters. The van der Waals surface area contributed by atoms with E-state index in [0.29, 0.717) is 5.56 Å². The fourth-order valence-electron chi connectivity index (χ4n) is 0.662. The summed E-state index contributed by atoms with van der Waals surface area (Å²) in [6, 6.07) is 8.64. The van der Waals surface area contributed by atoms with E-state index in [0.717, 1.165) is 0 Å². The minimum absolute atomic E-state index is 0.374. The maximum atomic E-state index is 10.7. The van der Waals surface area contributed by atoms with Crippen molar-refractivity contribution < 1.29 is 21.1 Å². The average molecular weight is 274 g/mol. The number of ketones is 1. The molecule has 0 aliphatic carbocycles. The van der Waals surface area contributed by atoms with Crippen molar-refractivity contribution in [3.63, 3.8) is 0 Å². The molecule has 0 fully saturated rings. The second-order valence-electron chi connectivity index (χ2n) is 1.82. The monoisotopic (exact) mass is 272 g/mol. The zero-order chi connectivity index (χ0) is 9.40. The topological polar surface area (TPSA) is 17.1 Å². The van der Waals surface area contributed by atoms with Crippen LogP contribution >= 0.6 is 13.6 Å². The average Bonchev–Trinajstić information content (AvgIpc) is 2.21. The summed E-state index contributed by atoms with van der Waals surface area (Å²) in [5.41, 5.74) is 0.512. The van der Waals surface area contributed by atoms with Crippen molar-refractivity contribution in [2.24, 2.45) is 0 Å². The Hall–Kier alpha value is -0.447. The van der Waals surface area contributed by atoms with Crippen molar-refractivity contribution in [2.75, 3.05) is 0 Å². The fraction of sp³-hybridized carbons (Fsp3) is 0. The van der Waals surface area contributed by atoms with E-state index in [1.54, 1.807) is 30.2 Å². The Morgan fingerprint density at radius 1 is 1.33 bits per heavy atom. The van der Waals surface area contributed by atoms with Crippen LogP contribution in [0.5, 0.6) is 0 Å². The first-order chi connectivity index (χ1) is 5.84. The zero-order valence-corrected chi connectivity index (χ0v) is 10.9. The van der Waals surface area contributed by atoms with Gasteiger partial charge in [-0.05, 0) is 0 Å². The van der Waals surface area contributed by atoms with Gasteiger partial charge in [-0.2, -0.15) is 0 Å². The van der Waals surface area contributed by atoms with Gasteiger partial charge in [-0.25, -0.2) is 0 Å². The Labute approximate surface area is 88.6 Å². The molecule has 0 aliphatic heterocycles. The van der Waals surface area contributed by atoms with Crippen molar-refractivity contribution in [3.8, 4) is 5.92 Å². The molecule has 3 heteroatoms. The zero-order valence-electron chi connectivity index (χ0n) is 6.38. The predicted octanol–water partition coefficient (Wildman–Crippen LogP) is 2.30. The molecule has 0 radical (unpaired) electrons. The molecule has 1 aromatic rings. The Balaban J connectivity index is 0.000000561. The molecular formula is C9H5BrOZn. The molecule has 0 aromatic heterocycles. The van der Waals surface area contributed by atoms with Gasteiger partial charge in [0.15, 0.2) is 0 Å². The molecule has 12 heavy (non-hydrogen) atoms. The van der Waals surface area contributed by atoms with E-state index >= 15 is 0 Å². The van der Waals surface area contributed by atoms with Crippen molar-refractivity contribution in [3.05, 3.63) is 42.3 Å². The van der Waals surface area contributed by atoms with Crippen LogP contribution in [-0.2, 0) is 16.3 Å². The summed E-state index contributed by atoms with van der Waals surface area (Å²) in [5, 5.41) is 0. The summed E-state index contributed by atoms with van der Waals surface area (Å²) < 4.78 is 0. The van der Waals surface area contributed by atoms with Crippen molar-refractivity contribution in [1.29, 1.82) is 0 Å². The molecule has 56 valence electrons. The second kappa shape index (κ2) is 7.22. The number of carbonyl (C=O) groups is 1. The van der Waals surface area contributed by atoms with Crippen LogP contribution in [0, 0.1) is 12.3 Å². The van der Waals surface area contributed by atoms with Crippen LogP contribution in [0.3, 0.4) is 0 Å². The van der Waals surface area contributed by atoms with E-state index in [1.165, 1.54) is 16.3 Å². The number of Topliss-reactive ketones (excluding diaryl/α,β-unsaturated/α-hetero) is 1. The second-order valence-corrected chi connectivity index (χ2v) is 1.82. The standard InChI is InChI=1S/C9H5O.BrH.Zn/c1-2-9(10)8-6-4-3-5-7-8;;/h3-7H;1H;/q-1;;+2/p-1. The summed E-state index contributed by atoms with van der Waals surface area (Å²) in [6.45, 7) is 0. The van der Waals surface area contributed by atoms with E-state index < -0.39 is 0 Å². The molecule has 0 amide bonds. The van der Waals surface area contributed by atoms with Gasteiger partial charge in [0.1, 0.15) is 0 Å². The third kappa shape index (κ3) is 3.80. The van der Waals surface area contributed by atoms with Crippen LogP contribution in [0.4, 0.5) is 0 Å². The number of halogens is 1. The van der Waals surface area contributed by atoms with E-state index in [1.807, 2.05) is 6.07 Å². The van der Waals surface area contributed by atoms with E-state index in [-0.39, 0.29) is 5.78 Å². The number of hydrogen-bond donors (Lipinski definition) is 0. The number of carbonyl (C=O) groups excluding carboxylic acids is 1. The van der Waals surface area contributed by atoms with E-state index in [9.17, 15) is 4.79 Å². The van der Waals surface area contributed by atoms with Crippen LogP contribution in [0.1, 0.15) is 10.4 Å². The molecule has 0 saturated heterocycles. The van der Waals surface area contributed by atoms with E-state index in [4.69, 9.17) is 6.42 Å². The van der Waals surface area contributed by atoms with Gasteiger partial charge in [-0.3, -0.25) is 5.92 Å². The van der Waals surface area contributed by atoms with Gasteiger partial charge in [0.25, 0.3) is 0 Å². The van der Waals surface area contributed by atoms with Crippen LogP contribution in [0.15, 0.2) is 30.3 Å². The molecule has 0 saturated carbocycles. The molecule has 0 spiro atoms. The van der Waals surface area contributed by atoms with Gasteiger partial charge in [0.2, 0.25) is 0 Å². The third-order valence-electron chi connectivity index (χ3n) is 1.15. The predicted molar refractivity (Wildman–Crippen MR) is 46.8 cm³/mol. The fourth-order valence-corrected chi connectivity index (χ4v) is 0.662. The molecule has 0 aliphatic rings. The van der Waals surface area contributed by atoms with Gasteiger partial charge in [0.05, 0.1) is 5.78 Å². The first kappa shape index (κ1) is 11.6. The molecule has 1 nitrogen and oxygen atoms in total. The van der Waals surface area contributed by atoms with Crippen molar-refractivity contribution >= 4 is 19.4 Å². The van der Waals surface area contributed by atoms with Crippen molar-refractivity contribution in [2.45, 2.75) is 0 Å². The molecule has 0 bridgehead atoms. The number of hydrogen-bond acceptors (Lipinski definition) is 1. The summed E-state index contributed by atoms with van der Waals surface area (Å²) >= 11 is 4.25. The minimum atomic E-state index is -0.374. The molecule has 0 heterocycles. The van der Waals surface area contributed by atoms with Crippen LogP contribution < -0.4 is 0 Å². The normalized spacial score (nSPS) is 7.50. The molecule has 1 aromatic carbocycles. The summed E-state index contributed by atoms with van der Waals surface area (Å²) in [6.07, 6.45) is 6.55. The Morgan fingerprint density at radius 3 is 2.25 bits per heavy atom. The van der Waals surface area contributed by atoms with Gasteiger partial charge in [-0.1, -0.05) is 35.9 Å². The molecule has 0 unspecified atom stereocenters. The number of benzene rings is 1. The van der Waals surface area contributed by atoms with Crippen LogP contribution in [0.2, 0.25) is 0 Å². The van der Waals surface area contributed by atoms with Gasteiger partial charge < -0.3 is 11.2 Å². The Morgan fingerprint density at radius 2 is 1.83 bits per heavy atom.